The van der Waals surface area contributed by atoms with E-state index < -0.39 is 5.60 Å². The van der Waals surface area contributed by atoms with Crippen molar-refractivity contribution in [2.45, 2.75) is 91.3 Å². The lowest BCUT2D eigenvalue weighted by molar-refractivity contribution is -0.159. The van der Waals surface area contributed by atoms with Crippen LogP contribution < -0.4 is 0 Å². The van der Waals surface area contributed by atoms with Crippen LogP contribution in [0.5, 0.6) is 0 Å². The Bertz CT molecular complexity index is 702. The van der Waals surface area contributed by atoms with E-state index in [1.165, 1.54) is 6.92 Å². The summed E-state index contributed by atoms with van der Waals surface area (Å²) in [6, 6.07) is 0.0258. The molecule has 164 valence electrons. The number of ether oxygens (including phenoxy) is 1. The zero-order valence-electron chi connectivity index (χ0n) is 18.9. The maximum atomic E-state index is 12.2. The van der Waals surface area contributed by atoms with Crippen molar-refractivity contribution in [1.82, 2.24) is 19.9 Å². The van der Waals surface area contributed by atoms with Gasteiger partial charge in [0.1, 0.15) is 12.1 Å². The summed E-state index contributed by atoms with van der Waals surface area (Å²) >= 11 is 0. The second kappa shape index (κ2) is 9.24. The smallest absolute Gasteiger partial charge is 0.326 e. The Morgan fingerprint density at radius 1 is 1.17 bits per heavy atom. The maximum Gasteiger partial charge on any atom is 0.326 e. The molecule has 1 fully saturated rings. The van der Waals surface area contributed by atoms with Gasteiger partial charge in [0.15, 0.2) is 5.82 Å². The number of esters is 1. The minimum atomic E-state index is -0.560. The number of hydrogen-bond donors (Lipinski definition) is 0. The molecule has 0 bridgehead atoms. The fraction of sp³-hybridized carbons (Fsp3) is 0.810. The molecule has 0 N–H and O–H groups in total. The summed E-state index contributed by atoms with van der Waals surface area (Å²) < 4.78 is 10.8. The van der Waals surface area contributed by atoms with Crippen molar-refractivity contribution in [3.63, 3.8) is 0 Å². The zero-order valence-corrected chi connectivity index (χ0v) is 18.9. The van der Waals surface area contributed by atoms with E-state index in [1.807, 2.05) is 20.8 Å². The first kappa shape index (κ1) is 23.3. The molecule has 0 aliphatic carbocycles. The fourth-order valence-electron chi connectivity index (χ4n) is 3.43. The van der Waals surface area contributed by atoms with Crippen LogP contribution in [0.15, 0.2) is 4.52 Å². The van der Waals surface area contributed by atoms with Gasteiger partial charge in [0.2, 0.25) is 11.8 Å². The lowest BCUT2D eigenvalue weighted by Crippen LogP contribution is -2.44. The molecular formula is C21H36N4O4. The van der Waals surface area contributed by atoms with Crippen LogP contribution in [0.4, 0.5) is 0 Å². The van der Waals surface area contributed by atoms with Crippen LogP contribution in [-0.4, -0.2) is 63.1 Å². The van der Waals surface area contributed by atoms with E-state index in [9.17, 15) is 9.59 Å². The highest BCUT2D eigenvalue weighted by Gasteiger charge is 2.29. The minimum absolute atomic E-state index is 0.00410. The molecule has 1 unspecified atom stereocenters. The highest BCUT2D eigenvalue weighted by molar-refractivity contribution is 5.81. The van der Waals surface area contributed by atoms with Gasteiger partial charge in [-0.2, -0.15) is 4.98 Å². The number of nitrogens with zero attached hydrogens (tertiary/aromatic N) is 4. The summed E-state index contributed by atoms with van der Waals surface area (Å²) in [6.45, 7) is 15.5. The van der Waals surface area contributed by atoms with E-state index in [0.717, 1.165) is 32.4 Å². The predicted molar refractivity (Wildman–Crippen MR) is 109 cm³/mol. The number of likely N-dealkylation sites (tertiary alicyclic amines) is 1. The molecule has 8 nitrogen and oxygen atoms in total. The quantitative estimate of drug-likeness (QED) is 0.692. The van der Waals surface area contributed by atoms with Crippen molar-refractivity contribution < 1.29 is 18.8 Å². The van der Waals surface area contributed by atoms with Gasteiger partial charge in [-0.15, -0.1) is 0 Å². The summed E-state index contributed by atoms with van der Waals surface area (Å²) in [5.74, 6) is 0.862. The fourth-order valence-corrected chi connectivity index (χ4v) is 3.43. The molecule has 1 saturated heterocycles. The van der Waals surface area contributed by atoms with Crippen molar-refractivity contribution in [2.24, 2.45) is 0 Å². The average Bonchev–Trinajstić information content (AvgIpc) is 2.91. The molecule has 0 saturated carbocycles. The molecule has 0 radical (unpaired) electrons. The number of carbonyl (C=O) groups is 2. The van der Waals surface area contributed by atoms with Crippen molar-refractivity contribution in [2.75, 3.05) is 19.6 Å². The Labute approximate surface area is 174 Å². The van der Waals surface area contributed by atoms with Crippen LogP contribution in [0, 0.1) is 0 Å². The maximum absolute atomic E-state index is 12.2. The minimum Gasteiger partial charge on any atom is -0.459 e. The summed E-state index contributed by atoms with van der Waals surface area (Å²) in [4.78, 5) is 32.9. The number of amides is 1. The Morgan fingerprint density at radius 2 is 1.86 bits per heavy atom. The van der Waals surface area contributed by atoms with Gasteiger partial charge in [-0.1, -0.05) is 25.9 Å². The Morgan fingerprint density at radius 3 is 2.41 bits per heavy atom. The van der Waals surface area contributed by atoms with E-state index in [-0.39, 0.29) is 29.9 Å². The molecule has 0 aromatic carbocycles. The van der Waals surface area contributed by atoms with Crippen LogP contribution in [-0.2, 0) is 26.3 Å². The molecule has 2 heterocycles. The molecule has 1 aliphatic heterocycles. The first-order valence-electron chi connectivity index (χ1n) is 10.4. The largest absolute Gasteiger partial charge is 0.459 e. The van der Waals surface area contributed by atoms with Gasteiger partial charge >= 0.3 is 5.97 Å². The zero-order chi connectivity index (χ0) is 21.8. The molecule has 1 aliphatic rings. The van der Waals surface area contributed by atoms with Crippen molar-refractivity contribution in [1.29, 1.82) is 0 Å². The second-order valence-corrected chi connectivity index (χ2v) is 9.86. The van der Waals surface area contributed by atoms with Crippen LogP contribution in [0.2, 0.25) is 0 Å². The topological polar surface area (TPSA) is 88.8 Å². The van der Waals surface area contributed by atoms with Gasteiger partial charge < -0.3 is 14.2 Å². The first-order valence-corrected chi connectivity index (χ1v) is 10.4. The third-order valence-corrected chi connectivity index (χ3v) is 4.85. The van der Waals surface area contributed by atoms with E-state index in [0.29, 0.717) is 18.3 Å². The second-order valence-electron chi connectivity index (χ2n) is 9.86. The summed E-state index contributed by atoms with van der Waals surface area (Å²) in [5, 5.41) is 4.09. The monoisotopic (exact) mass is 408 g/mol. The third-order valence-electron chi connectivity index (χ3n) is 4.85. The van der Waals surface area contributed by atoms with Gasteiger partial charge in [0.05, 0.1) is 6.54 Å². The summed E-state index contributed by atoms with van der Waals surface area (Å²) in [6.07, 6.45) is 2.58. The van der Waals surface area contributed by atoms with Gasteiger partial charge in [-0.25, -0.2) is 0 Å². The Balaban J connectivity index is 1.95. The van der Waals surface area contributed by atoms with Gasteiger partial charge in [0, 0.05) is 24.9 Å². The SMILES string of the molecule is CC(=O)N(CC(=O)OC(C)(C)C)C1CCCN(Cc2nc(C(C)(C)C)no2)CC1. The molecule has 8 heteroatoms. The van der Waals surface area contributed by atoms with Crippen LogP contribution in [0.3, 0.4) is 0 Å². The lowest BCUT2D eigenvalue weighted by atomic mass is 9.96. The number of aromatic nitrogens is 2. The summed E-state index contributed by atoms with van der Waals surface area (Å²) in [5.41, 5.74) is -0.703. The van der Waals surface area contributed by atoms with Crippen LogP contribution in [0.1, 0.15) is 79.4 Å². The lowest BCUT2D eigenvalue weighted by Gasteiger charge is -2.30. The molecular weight excluding hydrogens is 372 g/mol. The predicted octanol–water partition coefficient (Wildman–Crippen LogP) is 2.91. The molecule has 1 amide bonds. The van der Waals surface area contributed by atoms with E-state index >= 15 is 0 Å². The number of carbonyl (C=O) groups excluding carboxylic acids is 2. The van der Waals surface area contributed by atoms with Crippen LogP contribution in [0.25, 0.3) is 0 Å². The average molecular weight is 409 g/mol. The van der Waals surface area contributed by atoms with Crippen LogP contribution >= 0.6 is 0 Å². The summed E-state index contributed by atoms with van der Waals surface area (Å²) in [7, 11) is 0. The van der Waals surface area contributed by atoms with Crippen molar-refractivity contribution >= 4 is 11.9 Å². The van der Waals surface area contributed by atoms with E-state index in [1.54, 1.807) is 4.90 Å². The Kier molecular flexibility index (Phi) is 7.43. The highest BCUT2D eigenvalue weighted by atomic mass is 16.6. The van der Waals surface area contributed by atoms with E-state index in [4.69, 9.17) is 9.26 Å². The molecule has 29 heavy (non-hydrogen) atoms. The molecule has 0 spiro atoms. The molecule has 1 aromatic heterocycles. The van der Waals surface area contributed by atoms with Crippen molar-refractivity contribution in [3.8, 4) is 0 Å². The van der Waals surface area contributed by atoms with Gasteiger partial charge in [-0.3, -0.25) is 14.5 Å². The standard InChI is InChI=1S/C21H36N4O4/c1-15(26)25(14-18(27)28-21(5,6)7)16-9-8-11-24(12-10-16)13-17-22-19(23-29-17)20(2,3)4/h16H,8-14H2,1-7H3. The van der Waals surface area contributed by atoms with Crippen molar-refractivity contribution in [3.05, 3.63) is 11.7 Å². The molecule has 2 rings (SSSR count). The highest BCUT2D eigenvalue weighted by Crippen LogP contribution is 2.21. The molecule has 1 atom stereocenters. The van der Waals surface area contributed by atoms with Gasteiger partial charge in [0.25, 0.3) is 0 Å². The number of hydrogen-bond acceptors (Lipinski definition) is 7. The number of rotatable bonds is 5. The molecule has 1 aromatic rings. The first-order chi connectivity index (χ1) is 13.3. The third kappa shape index (κ3) is 7.42. The van der Waals surface area contributed by atoms with E-state index in [2.05, 4.69) is 35.8 Å². The van der Waals surface area contributed by atoms with Gasteiger partial charge in [-0.05, 0) is 46.6 Å². The Hall–Kier alpha value is -1.96. The normalized spacial score (nSPS) is 18.9.